The lowest BCUT2D eigenvalue weighted by Gasteiger charge is -2.52. The van der Waals surface area contributed by atoms with Crippen LogP contribution in [0.5, 0.6) is 5.75 Å². The lowest BCUT2D eigenvalue weighted by molar-refractivity contribution is 0.0478. The molecular formula is C29H34N6O3. The summed E-state index contributed by atoms with van der Waals surface area (Å²) in [5.41, 5.74) is 5.02. The first-order chi connectivity index (χ1) is 18.4. The zero-order valence-corrected chi connectivity index (χ0v) is 22.5. The molecule has 0 bridgehead atoms. The fraction of sp³-hybridized carbons (Fsp3) is 0.448. The minimum atomic E-state index is -0.272. The van der Waals surface area contributed by atoms with Gasteiger partial charge in [-0.1, -0.05) is 12.5 Å². The molecule has 2 aromatic heterocycles. The average molecular weight is 515 g/mol. The number of methoxy groups -OCH3 is 1. The van der Waals surface area contributed by atoms with E-state index in [-0.39, 0.29) is 17.4 Å². The Morgan fingerprint density at radius 1 is 1.26 bits per heavy atom. The van der Waals surface area contributed by atoms with E-state index in [0.717, 1.165) is 53.2 Å². The normalized spacial score (nSPS) is 16.5. The molecule has 1 aliphatic carbocycles. The SMILES string of the molecule is [C-]#[N+]c1cnc([C@@H](C)N2CC3(CCC3)c3c(COC)cc(Cn4ccnc4NC)cc3C2=O)cc1OCC. The first-order valence-electron chi connectivity index (χ1n) is 13.1. The summed E-state index contributed by atoms with van der Waals surface area (Å²) >= 11 is 0. The highest BCUT2D eigenvalue weighted by Crippen LogP contribution is 2.51. The van der Waals surface area contributed by atoms with Gasteiger partial charge in [0.05, 0.1) is 38.1 Å². The highest BCUT2D eigenvalue weighted by Gasteiger charge is 2.49. The maximum Gasteiger partial charge on any atom is 0.254 e. The van der Waals surface area contributed by atoms with Crippen molar-refractivity contribution in [2.24, 2.45) is 0 Å². The molecule has 1 amide bonds. The van der Waals surface area contributed by atoms with E-state index >= 15 is 0 Å². The van der Waals surface area contributed by atoms with E-state index in [1.54, 1.807) is 19.5 Å². The summed E-state index contributed by atoms with van der Waals surface area (Å²) in [6.07, 6.45) is 8.44. The van der Waals surface area contributed by atoms with Gasteiger partial charge in [-0.3, -0.25) is 9.78 Å². The Labute approximate surface area is 223 Å². The number of nitrogens with zero attached hydrogens (tertiary/aromatic N) is 5. The van der Waals surface area contributed by atoms with Gasteiger partial charge < -0.3 is 24.3 Å². The molecule has 1 aliphatic heterocycles. The molecular weight excluding hydrogens is 480 g/mol. The van der Waals surface area contributed by atoms with Crippen LogP contribution in [0, 0.1) is 6.57 Å². The van der Waals surface area contributed by atoms with Gasteiger partial charge in [-0.25, -0.2) is 9.83 Å². The van der Waals surface area contributed by atoms with E-state index in [9.17, 15) is 4.79 Å². The summed E-state index contributed by atoms with van der Waals surface area (Å²) in [7, 11) is 3.55. The van der Waals surface area contributed by atoms with E-state index in [1.807, 2.05) is 42.6 Å². The molecule has 3 heterocycles. The van der Waals surface area contributed by atoms with Gasteiger partial charge in [-0.05, 0) is 55.5 Å². The van der Waals surface area contributed by atoms with Crippen molar-refractivity contribution in [2.45, 2.75) is 57.7 Å². The summed E-state index contributed by atoms with van der Waals surface area (Å²) in [5, 5.41) is 3.12. The Morgan fingerprint density at radius 2 is 2.08 bits per heavy atom. The van der Waals surface area contributed by atoms with E-state index in [2.05, 4.69) is 32.3 Å². The first-order valence-corrected chi connectivity index (χ1v) is 13.1. The van der Waals surface area contributed by atoms with Gasteiger partial charge in [0.15, 0.2) is 0 Å². The van der Waals surface area contributed by atoms with Crippen molar-refractivity contribution in [3.8, 4) is 5.75 Å². The fourth-order valence-electron chi connectivity index (χ4n) is 5.93. The van der Waals surface area contributed by atoms with Crippen LogP contribution in [0.15, 0.2) is 36.8 Å². The highest BCUT2D eigenvalue weighted by atomic mass is 16.5. The van der Waals surface area contributed by atoms with Crippen molar-refractivity contribution in [1.82, 2.24) is 19.4 Å². The number of imidazole rings is 1. The Kier molecular flexibility index (Phi) is 7.09. The van der Waals surface area contributed by atoms with Gasteiger partial charge >= 0.3 is 0 Å². The molecule has 1 N–H and O–H groups in total. The van der Waals surface area contributed by atoms with Gasteiger partial charge in [0.1, 0.15) is 5.75 Å². The zero-order chi connectivity index (χ0) is 26.9. The standard InChI is InChI=1S/C29H34N6O3/c1-6-38-25-14-23(33-15-24(25)30-3)19(2)35-18-29(8-7-9-29)26-21(17-37-5)12-20(13-22(26)27(35)36)16-34-11-10-32-28(34)31-4/h10-15,19H,6-9,16-18H2,1-2,4-5H3,(H,31,32)/t19-/m1/s1. The van der Waals surface area contributed by atoms with Gasteiger partial charge in [0.2, 0.25) is 11.6 Å². The number of carbonyl (C=O) groups is 1. The molecule has 5 rings (SSSR count). The van der Waals surface area contributed by atoms with Crippen LogP contribution < -0.4 is 10.1 Å². The van der Waals surface area contributed by atoms with Crippen LogP contribution in [0.3, 0.4) is 0 Å². The van der Waals surface area contributed by atoms with Crippen LogP contribution >= 0.6 is 0 Å². The number of anilines is 1. The minimum absolute atomic E-state index is 0.00212. The monoisotopic (exact) mass is 514 g/mol. The second kappa shape index (κ2) is 10.5. The lowest BCUT2D eigenvalue weighted by atomic mass is 9.60. The molecule has 0 radical (unpaired) electrons. The van der Waals surface area contributed by atoms with Crippen LogP contribution in [-0.2, 0) is 23.3 Å². The van der Waals surface area contributed by atoms with Crippen molar-refractivity contribution in [3.05, 3.63) is 76.2 Å². The summed E-state index contributed by atoms with van der Waals surface area (Å²) < 4.78 is 13.4. The topological polar surface area (TPSA) is 85.9 Å². The molecule has 38 heavy (non-hydrogen) atoms. The third-order valence-electron chi connectivity index (χ3n) is 7.86. The molecule has 198 valence electrons. The number of nitrogens with one attached hydrogen (secondary N) is 1. The number of aromatic nitrogens is 3. The summed E-state index contributed by atoms with van der Waals surface area (Å²) in [4.78, 5) is 28.6. The Bertz CT molecular complexity index is 1390. The Hall–Kier alpha value is -3.90. The Morgan fingerprint density at radius 3 is 2.74 bits per heavy atom. The Balaban J connectivity index is 1.57. The van der Waals surface area contributed by atoms with Crippen molar-refractivity contribution in [3.63, 3.8) is 0 Å². The molecule has 1 fully saturated rings. The fourth-order valence-corrected chi connectivity index (χ4v) is 5.93. The lowest BCUT2D eigenvalue weighted by Crippen LogP contribution is -2.54. The van der Waals surface area contributed by atoms with Crippen molar-refractivity contribution in [1.29, 1.82) is 0 Å². The van der Waals surface area contributed by atoms with Crippen LogP contribution in [-0.4, -0.2) is 52.7 Å². The second-order valence-electron chi connectivity index (χ2n) is 10.1. The predicted molar refractivity (Wildman–Crippen MR) is 145 cm³/mol. The number of fused-ring (bicyclic) bond motifs is 2. The molecule has 9 nitrogen and oxygen atoms in total. The van der Waals surface area contributed by atoms with Gasteiger partial charge in [-0.15, -0.1) is 0 Å². The molecule has 1 atom stereocenters. The maximum absolute atomic E-state index is 14.2. The number of hydrogen-bond acceptors (Lipinski definition) is 6. The minimum Gasteiger partial charge on any atom is -0.505 e. The van der Waals surface area contributed by atoms with E-state index in [1.165, 1.54) is 0 Å². The number of benzene rings is 1. The van der Waals surface area contributed by atoms with Gasteiger partial charge in [0, 0.05) is 50.3 Å². The largest absolute Gasteiger partial charge is 0.505 e. The summed E-state index contributed by atoms with van der Waals surface area (Å²) in [6.45, 7) is 13.5. The highest BCUT2D eigenvalue weighted by molar-refractivity contribution is 5.98. The van der Waals surface area contributed by atoms with Crippen LogP contribution in [0.4, 0.5) is 11.6 Å². The second-order valence-corrected chi connectivity index (χ2v) is 10.1. The summed E-state index contributed by atoms with van der Waals surface area (Å²) in [5.74, 6) is 1.28. The van der Waals surface area contributed by atoms with Crippen molar-refractivity contribution in [2.75, 3.05) is 32.6 Å². The molecule has 2 aliphatic rings. The molecule has 0 saturated heterocycles. The number of carbonyl (C=O) groups excluding carboxylic acids is 1. The molecule has 1 spiro atoms. The predicted octanol–water partition coefficient (Wildman–Crippen LogP) is 5.10. The van der Waals surface area contributed by atoms with Gasteiger partial charge in [-0.2, -0.15) is 0 Å². The third-order valence-corrected chi connectivity index (χ3v) is 7.86. The third kappa shape index (κ3) is 4.39. The van der Waals surface area contributed by atoms with Crippen molar-refractivity contribution < 1.29 is 14.3 Å². The zero-order valence-electron chi connectivity index (χ0n) is 22.5. The molecule has 1 saturated carbocycles. The number of pyridine rings is 1. The average Bonchev–Trinajstić information content (AvgIpc) is 3.35. The van der Waals surface area contributed by atoms with Crippen LogP contribution in [0.1, 0.15) is 71.9 Å². The van der Waals surface area contributed by atoms with Gasteiger partial charge in [0.25, 0.3) is 5.91 Å². The molecule has 9 heteroatoms. The summed E-state index contributed by atoms with van der Waals surface area (Å²) in [6, 6.07) is 5.78. The smallest absolute Gasteiger partial charge is 0.254 e. The maximum atomic E-state index is 14.2. The van der Waals surface area contributed by atoms with E-state index < -0.39 is 0 Å². The van der Waals surface area contributed by atoms with Crippen LogP contribution in [0.25, 0.3) is 4.85 Å². The number of hydrogen-bond donors (Lipinski definition) is 1. The molecule has 0 unspecified atom stereocenters. The van der Waals surface area contributed by atoms with Crippen molar-refractivity contribution >= 4 is 17.5 Å². The first kappa shape index (κ1) is 25.7. The number of amides is 1. The van der Waals surface area contributed by atoms with E-state index in [0.29, 0.717) is 37.7 Å². The van der Waals surface area contributed by atoms with E-state index in [4.69, 9.17) is 16.0 Å². The van der Waals surface area contributed by atoms with Crippen LogP contribution in [0.2, 0.25) is 0 Å². The molecule has 1 aromatic carbocycles. The quantitative estimate of drug-likeness (QED) is 0.400. The number of ether oxygens (including phenoxy) is 2. The number of rotatable bonds is 9. The molecule has 3 aromatic rings.